The Morgan fingerprint density at radius 2 is 2.06 bits per heavy atom. The molecule has 0 unspecified atom stereocenters. The number of carbonyl (C=O) groups excluding carboxylic acids is 1. The molecule has 1 heterocycles. The predicted molar refractivity (Wildman–Crippen MR) is 62.3 cm³/mol. The van der Waals surface area contributed by atoms with Gasteiger partial charge >= 0.3 is 5.97 Å². The van der Waals surface area contributed by atoms with Gasteiger partial charge in [-0.2, -0.15) is 0 Å². The van der Waals surface area contributed by atoms with E-state index >= 15 is 0 Å². The van der Waals surface area contributed by atoms with E-state index in [0.29, 0.717) is 5.69 Å². The molecule has 0 aliphatic carbocycles. The van der Waals surface area contributed by atoms with Gasteiger partial charge in [-0.25, -0.2) is 13.9 Å². The maximum Gasteiger partial charge on any atom is 0.356 e. The molecular weight excluding hydrogens is 239 g/mol. The highest BCUT2D eigenvalue weighted by Gasteiger charge is 2.12. The molecule has 2 rings (SSSR count). The summed E-state index contributed by atoms with van der Waals surface area (Å²) in [5.74, 6) is -1.00. The van der Waals surface area contributed by atoms with Gasteiger partial charge in [-0.15, -0.1) is 0 Å². The van der Waals surface area contributed by atoms with Gasteiger partial charge < -0.3 is 4.74 Å². The largest absolute Gasteiger partial charge is 0.461 e. The summed E-state index contributed by atoms with van der Waals surface area (Å²) in [5.41, 5.74) is 0.0905. The van der Waals surface area contributed by atoms with Crippen molar-refractivity contribution >= 4 is 5.97 Å². The third-order valence-electron chi connectivity index (χ3n) is 2.30. The number of nitrogens with zero attached hydrogens (tertiary/aromatic N) is 1. The summed E-state index contributed by atoms with van der Waals surface area (Å²) < 4.78 is 18.7. The fourth-order valence-electron chi connectivity index (χ4n) is 1.49. The van der Waals surface area contributed by atoms with Gasteiger partial charge in [0.05, 0.1) is 12.3 Å². The summed E-state index contributed by atoms with van der Waals surface area (Å²) in [7, 11) is 0. The molecule has 0 atom stereocenters. The van der Waals surface area contributed by atoms with Crippen molar-refractivity contribution in [3.8, 4) is 5.69 Å². The Morgan fingerprint density at radius 1 is 1.39 bits per heavy atom. The zero-order chi connectivity index (χ0) is 13.1. The third-order valence-corrected chi connectivity index (χ3v) is 2.30. The monoisotopic (exact) mass is 250 g/mol. The number of ether oxygens (including phenoxy) is 1. The van der Waals surface area contributed by atoms with E-state index < -0.39 is 17.3 Å². The van der Waals surface area contributed by atoms with Crippen LogP contribution in [0.2, 0.25) is 0 Å². The van der Waals surface area contributed by atoms with Crippen LogP contribution < -0.4 is 5.56 Å². The van der Waals surface area contributed by atoms with Crippen LogP contribution in [0.5, 0.6) is 0 Å². The molecule has 5 nitrogen and oxygen atoms in total. The quantitative estimate of drug-likeness (QED) is 0.839. The van der Waals surface area contributed by atoms with Crippen molar-refractivity contribution in [3.63, 3.8) is 0 Å². The molecule has 6 heteroatoms. The SMILES string of the molecule is CCOC(=O)c1cc(=O)n(-c2ccc(F)cc2)[nH]1. The molecule has 0 saturated carbocycles. The molecule has 1 aromatic carbocycles. The van der Waals surface area contributed by atoms with E-state index in [1.807, 2.05) is 0 Å². The smallest absolute Gasteiger partial charge is 0.356 e. The van der Waals surface area contributed by atoms with E-state index in [2.05, 4.69) is 5.10 Å². The van der Waals surface area contributed by atoms with Crippen molar-refractivity contribution in [3.05, 3.63) is 52.2 Å². The van der Waals surface area contributed by atoms with Crippen LogP contribution in [0.1, 0.15) is 17.4 Å². The Balaban J connectivity index is 2.38. The highest BCUT2D eigenvalue weighted by atomic mass is 19.1. The number of aromatic amines is 1. The Labute approximate surface area is 102 Å². The first-order valence-electron chi connectivity index (χ1n) is 5.37. The molecule has 0 amide bonds. The highest BCUT2D eigenvalue weighted by Crippen LogP contribution is 2.06. The summed E-state index contributed by atoms with van der Waals surface area (Å²) in [6.45, 7) is 1.90. The molecule has 0 radical (unpaired) electrons. The van der Waals surface area contributed by atoms with Crippen LogP contribution in [0.25, 0.3) is 5.69 Å². The second kappa shape index (κ2) is 4.87. The minimum atomic E-state index is -0.601. The molecule has 94 valence electrons. The van der Waals surface area contributed by atoms with Gasteiger partial charge in [-0.05, 0) is 31.2 Å². The van der Waals surface area contributed by atoms with Gasteiger partial charge in [0.25, 0.3) is 5.56 Å². The summed E-state index contributed by atoms with van der Waals surface area (Å²) in [5, 5.41) is 2.61. The van der Waals surface area contributed by atoms with Crippen LogP contribution in [0.4, 0.5) is 4.39 Å². The van der Waals surface area contributed by atoms with Crippen LogP contribution >= 0.6 is 0 Å². The zero-order valence-electron chi connectivity index (χ0n) is 9.64. The molecule has 2 aromatic rings. The van der Waals surface area contributed by atoms with E-state index in [4.69, 9.17) is 4.74 Å². The number of hydrogen-bond acceptors (Lipinski definition) is 3. The van der Waals surface area contributed by atoms with Crippen molar-refractivity contribution in [1.29, 1.82) is 0 Å². The van der Waals surface area contributed by atoms with E-state index in [1.54, 1.807) is 6.92 Å². The first kappa shape index (κ1) is 12.1. The average molecular weight is 250 g/mol. The Morgan fingerprint density at radius 3 is 2.67 bits per heavy atom. The molecule has 0 spiro atoms. The highest BCUT2D eigenvalue weighted by molar-refractivity contribution is 5.87. The standard InChI is InChI=1S/C12H11FN2O3/c1-2-18-12(17)10-7-11(16)15(14-10)9-5-3-8(13)4-6-9/h3-7,14H,2H2,1H3. The fraction of sp³-hybridized carbons (Fsp3) is 0.167. The molecule has 0 aliphatic rings. The molecule has 18 heavy (non-hydrogen) atoms. The number of nitrogens with one attached hydrogen (secondary N) is 1. The summed E-state index contributed by atoms with van der Waals surface area (Å²) in [6.07, 6.45) is 0. The number of halogens is 1. The first-order valence-corrected chi connectivity index (χ1v) is 5.37. The number of hydrogen-bond donors (Lipinski definition) is 1. The van der Waals surface area contributed by atoms with Crippen LogP contribution in [0, 0.1) is 5.82 Å². The summed E-state index contributed by atoms with van der Waals surface area (Å²) in [6, 6.07) is 6.46. The molecule has 0 aliphatic heterocycles. The lowest BCUT2D eigenvalue weighted by molar-refractivity contribution is 0.0519. The van der Waals surface area contributed by atoms with Gasteiger partial charge in [-0.3, -0.25) is 9.89 Å². The maximum atomic E-state index is 12.8. The van der Waals surface area contributed by atoms with Crippen LogP contribution in [-0.2, 0) is 4.74 Å². The van der Waals surface area contributed by atoms with Gasteiger partial charge in [0, 0.05) is 6.07 Å². The number of H-pyrrole nitrogens is 1. The minimum absolute atomic E-state index is 0.0613. The Bertz CT molecular complexity index is 613. The van der Waals surface area contributed by atoms with Crippen LogP contribution in [-0.4, -0.2) is 22.4 Å². The van der Waals surface area contributed by atoms with E-state index in [1.165, 1.54) is 24.3 Å². The second-order valence-corrected chi connectivity index (χ2v) is 3.54. The lowest BCUT2D eigenvalue weighted by Gasteiger charge is -2.01. The maximum absolute atomic E-state index is 12.8. The third kappa shape index (κ3) is 2.32. The summed E-state index contributed by atoms with van der Waals surface area (Å²) >= 11 is 0. The van der Waals surface area contributed by atoms with E-state index in [9.17, 15) is 14.0 Å². The number of aromatic nitrogens is 2. The second-order valence-electron chi connectivity index (χ2n) is 3.54. The predicted octanol–water partition coefficient (Wildman–Crippen LogP) is 1.48. The first-order chi connectivity index (χ1) is 8.61. The lowest BCUT2D eigenvalue weighted by Crippen LogP contribution is -2.13. The number of esters is 1. The van der Waals surface area contributed by atoms with Gasteiger partial charge in [-0.1, -0.05) is 0 Å². The fourth-order valence-corrected chi connectivity index (χ4v) is 1.49. The molecule has 1 aromatic heterocycles. The van der Waals surface area contributed by atoms with Crippen molar-refractivity contribution < 1.29 is 13.9 Å². The average Bonchev–Trinajstić information content (AvgIpc) is 2.73. The Hall–Kier alpha value is -2.37. The minimum Gasteiger partial charge on any atom is -0.461 e. The van der Waals surface area contributed by atoms with Crippen LogP contribution in [0.3, 0.4) is 0 Å². The normalized spacial score (nSPS) is 10.3. The molecule has 1 N–H and O–H groups in total. The van der Waals surface area contributed by atoms with Gasteiger partial charge in [0.2, 0.25) is 0 Å². The molecule has 0 fully saturated rings. The van der Waals surface area contributed by atoms with Crippen molar-refractivity contribution in [2.45, 2.75) is 6.92 Å². The van der Waals surface area contributed by atoms with Crippen LogP contribution in [0.15, 0.2) is 35.1 Å². The van der Waals surface area contributed by atoms with Crippen molar-refractivity contribution in [2.75, 3.05) is 6.61 Å². The topological polar surface area (TPSA) is 64.1 Å². The number of rotatable bonds is 3. The van der Waals surface area contributed by atoms with Crippen molar-refractivity contribution in [2.24, 2.45) is 0 Å². The lowest BCUT2D eigenvalue weighted by atomic mass is 10.3. The summed E-state index contributed by atoms with van der Waals surface area (Å²) in [4.78, 5) is 23.1. The molecule has 0 bridgehead atoms. The van der Waals surface area contributed by atoms with Gasteiger partial charge in [0.1, 0.15) is 11.5 Å². The van der Waals surface area contributed by atoms with E-state index in [-0.39, 0.29) is 12.3 Å². The number of benzene rings is 1. The Kier molecular flexibility index (Phi) is 3.27. The van der Waals surface area contributed by atoms with Crippen molar-refractivity contribution in [1.82, 2.24) is 9.78 Å². The number of carbonyl (C=O) groups is 1. The van der Waals surface area contributed by atoms with Gasteiger partial charge in [0.15, 0.2) is 0 Å². The molecule has 0 saturated heterocycles. The molecular formula is C12H11FN2O3. The zero-order valence-corrected chi connectivity index (χ0v) is 9.64. The van der Waals surface area contributed by atoms with E-state index in [0.717, 1.165) is 10.7 Å².